The molecule has 0 aliphatic rings. The second-order valence-electron chi connectivity index (χ2n) is 4.16. The Morgan fingerprint density at radius 2 is 1.94 bits per heavy atom. The van der Waals surface area contributed by atoms with Crippen LogP contribution in [-0.2, 0) is 0 Å². The minimum absolute atomic E-state index is 0.226. The van der Waals surface area contributed by atoms with Crippen LogP contribution >= 0.6 is 0 Å². The largest absolute Gasteiger partial charge is 0.478 e. The van der Waals surface area contributed by atoms with Gasteiger partial charge in [-0.1, -0.05) is 31.9 Å². The number of carboxylic acids is 1. The van der Waals surface area contributed by atoms with Crippen LogP contribution < -0.4 is 5.73 Å². The van der Waals surface area contributed by atoms with Crippen LogP contribution in [0.4, 0.5) is 0 Å². The zero-order valence-electron chi connectivity index (χ0n) is 9.97. The van der Waals surface area contributed by atoms with Crippen LogP contribution in [-0.4, -0.2) is 22.3 Å². The molecule has 0 unspecified atom stereocenters. The van der Waals surface area contributed by atoms with Crippen molar-refractivity contribution in [3.8, 4) is 0 Å². The lowest BCUT2D eigenvalue weighted by Gasteiger charge is -2.19. The van der Waals surface area contributed by atoms with Crippen LogP contribution in [0.1, 0.15) is 48.1 Å². The fourth-order valence-corrected chi connectivity index (χ4v) is 1.66. The molecule has 0 heterocycles. The minimum atomic E-state index is -0.961. The highest BCUT2D eigenvalue weighted by atomic mass is 16.4. The minimum Gasteiger partial charge on any atom is -0.478 e. The lowest BCUT2D eigenvalue weighted by Crippen LogP contribution is -2.26. The molecule has 2 atom stereocenters. The number of hydrogen-bond donors (Lipinski definition) is 3. The highest BCUT2D eigenvalue weighted by Crippen LogP contribution is 2.18. The summed E-state index contributed by atoms with van der Waals surface area (Å²) in [6, 6.07) is 5.87. The Balaban J connectivity index is 2.68. The monoisotopic (exact) mass is 237 g/mol. The molecule has 4 heteroatoms. The number of aliphatic hydroxyl groups is 1. The highest BCUT2D eigenvalue weighted by molar-refractivity contribution is 5.87. The van der Waals surface area contributed by atoms with Gasteiger partial charge >= 0.3 is 5.97 Å². The third-order valence-electron chi connectivity index (χ3n) is 2.81. The summed E-state index contributed by atoms with van der Waals surface area (Å²) in [4.78, 5) is 10.7. The van der Waals surface area contributed by atoms with Crippen molar-refractivity contribution < 1.29 is 15.0 Å². The molecule has 0 radical (unpaired) electrons. The molecule has 0 fully saturated rings. The van der Waals surface area contributed by atoms with E-state index in [-0.39, 0.29) is 5.56 Å². The average molecular weight is 237 g/mol. The van der Waals surface area contributed by atoms with Crippen molar-refractivity contribution >= 4 is 5.97 Å². The topological polar surface area (TPSA) is 83.5 Å². The Kier molecular flexibility index (Phi) is 5.12. The number of rotatable bonds is 6. The number of benzene rings is 1. The number of carbonyl (C=O) groups is 1. The maximum absolute atomic E-state index is 10.7. The first kappa shape index (κ1) is 13.7. The molecule has 0 aromatic heterocycles. The van der Waals surface area contributed by atoms with E-state index < -0.39 is 18.1 Å². The lowest BCUT2D eigenvalue weighted by molar-refractivity contribution is 0.0697. The number of carboxylic acid groups (broad SMARTS) is 1. The molecule has 0 spiro atoms. The fourth-order valence-electron chi connectivity index (χ4n) is 1.66. The Labute approximate surface area is 101 Å². The van der Waals surface area contributed by atoms with E-state index in [1.807, 2.05) is 0 Å². The quantitative estimate of drug-likeness (QED) is 0.706. The summed E-state index contributed by atoms with van der Waals surface area (Å²) in [7, 11) is 0. The van der Waals surface area contributed by atoms with Gasteiger partial charge in [0.1, 0.15) is 0 Å². The van der Waals surface area contributed by atoms with Gasteiger partial charge in [-0.05, 0) is 24.1 Å². The molecule has 0 amide bonds. The molecule has 17 heavy (non-hydrogen) atoms. The van der Waals surface area contributed by atoms with Gasteiger partial charge in [-0.2, -0.15) is 0 Å². The zero-order valence-corrected chi connectivity index (χ0v) is 9.97. The Morgan fingerprint density at radius 3 is 2.41 bits per heavy atom. The molecule has 0 aliphatic carbocycles. The summed E-state index contributed by atoms with van der Waals surface area (Å²) in [5.41, 5.74) is 6.90. The molecule has 0 bridgehead atoms. The van der Waals surface area contributed by atoms with Gasteiger partial charge < -0.3 is 15.9 Å². The van der Waals surface area contributed by atoms with Crippen LogP contribution in [0.25, 0.3) is 0 Å². The Bertz CT molecular complexity index is 361. The van der Waals surface area contributed by atoms with Crippen molar-refractivity contribution in [2.75, 3.05) is 0 Å². The van der Waals surface area contributed by atoms with Crippen LogP contribution in [0.15, 0.2) is 24.3 Å². The standard InChI is InChI=1S/C13H19NO3/c1-2-3-4-11(15)12(14)9-5-7-10(8-6-9)13(16)17/h5-8,11-12,15H,2-4,14H2,1H3,(H,16,17)/t11-,12+/m0/s1. The molecule has 94 valence electrons. The molecule has 0 saturated heterocycles. The van der Waals surface area contributed by atoms with Crippen molar-refractivity contribution in [2.45, 2.75) is 38.3 Å². The summed E-state index contributed by atoms with van der Waals surface area (Å²) in [6.45, 7) is 2.06. The van der Waals surface area contributed by atoms with Gasteiger partial charge in [0.05, 0.1) is 17.7 Å². The number of unbranched alkanes of at least 4 members (excludes halogenated alkanes) is 1. The first-order valence-corrected chi connectivity index (χ1v) is 5.83. The zero-order chi connectivity index (χ0) is 12.8. The highest BCUT2D eigenvalue weighted by Gasteiger charge is 2.16. The van der Waals surface area contributed by atoms with E-state index in [0.717, 1.165) is 18.4 Å². The Hall–Kier alpha value is -1.39. The molecule has 0 saturated carbocycles. The first-order valence-electron chi connectivity index (χ1n) is 5.83. The van der Waals surface area contributed by atoms with Crippen molar-refractivity contribution in [2.24, 2.45) is 5.73 Å². The van der Waals surface area contributed by atoms with Crippen molar-refractivity contribution in [3.05, 3.63) is 35.4 Å². The molecule has 1 aromatic rings. The summed E-state index contributed by atoms with van der Waals surface area (Å²) in [5.74, 6) is -0.961. The molecule has 1 rings (SSSR count). The van der Waals surface area contributed by atoms with E-state index in [1.165, 1.54) is 12.1 Å². The predicted octanol–water partition coefficient (Wildman–Crippen LogP) is 1.94. The van der Waals surface area contributed by atoms with Crippen molar-refractivity contribution in [3.63, 3.8) is 0 Å². The predicted molar refractivity (Wildman–Crippen MR) is 65.9 cm³/mol. The van der Waals surface area contributed by atoms with E-state index in [4.69, 9.17) is 10.8 Å². The smallest absolute Gasteiger partial charge is 0.335 e. The molecule has 4 N–H and O–H groups in total. The van der Waals surface area contributed by atoms with E-state index >= 15 is 0 Å². The van der Waals surface area contributed by atoms with E-state index in [2.05, 4.69) is 6.92 Å². The SMILES string of the molecule is CCCC[C@H](O)[C@H](N)c1ccc(C(=O)O)cc1. The molecular weight excluding hydrogens is 218 g/mol. The maximum Gasteiger partial charge on any atom is 0.335 e. The Morgan fingerprint density at radius 1 is 1.35 bits per heavy atom. The van der Waals surface area contributed by atoms with Gasteiger partial charge in [0.25, 0.3) is 0 Å². The molecular formula is C13H19NO3. The van der Waals surface area contributed by atoms with E-state index in [1.54, 1.807) is 12.1 Å². The normalized spacial score (nSPS) is 14.3. The van der Waals surface area contributed by atoms with Crippen molar-refractivity contribution in [1.29, 1.82) is 0 Å². The summed E-state index contributed by atoms with van der Waals surface area (Å²) in [6.07, 6.45) is 2.04. The summed E-state index contributed by atoms with van der Waals surface area (Å²) in [5, 5.41) is 18.6. The van der Waals surface area contributed by atoms with Crippen LogP contribution in [0, 0.1) is 0 Å². The maximum atomic E-state index is 10.7. The van der Waals surface area contributed by atoms with Gasteiger partial charge in [-0.3, -0.25) is 0 Å². The molecule has 4 nitrogen and oxygen atoms in total. The lowest BCUT2D eigenvalue weighted by atomic mass is 9.97. The van der Waals surface area contributed by atoms with Gasteiger partial charge in [0, 0.05) is 0 Å². The van der Waals surface area contributed by atoms with Gasteiger partial charge in [-0.15, -0.1) is 0 Å². The second kappa shape index (κ2) is 6.37. The summed E-state index contributed by atoms with van der Waals surface area (Å²) >= 11 is 0. The van der Waals surface area contributed by atoms with Crippen molar-refractivity contribution in [1.82, 2.24) is 0 Å². The van der Waals surface area contributed by atoms with Crippen LogP contribution in [0.3, 0.4) is 0 Å². The van der Waals surface area contributed by atoms with Crippen LogP contribution in [0.2, 0.25) is 0 Å². The van der Waals surface area contributed by atoms with E-state index in [0.29, 0.717) is 6.42 Å². The van der Waals surface area contributed by atoms with Crippen LogP contribution in [0.5, 0.6) is 0 Å². The number of hydrogen-bond acceptors (Lipinski definition) is 3. The van der Waals surface area contributed by atoms with Gasteiger partial charge in [0.15, 0.2) is 0 Å². The van der Waals surface area contributed by atoms with Gasteiger partial charge in [-0.25, -0.2) is 4.79 Å². The third-order valence-corrected chi connectivity index (χ3v) is 2.81. The number of aromatic carboxylic acids is 1. The third kappa shape index (κ3) is 3.84. The first-order chi connectivity index (χ1) is 8.06. The molecule has 0 aliphatic heterocycles. The van der Waals surface area contributed by atoms with Gasteiger partial charge in [0.2, 0.25) is 0 Å². The molecule has 1 aromatic carbocycles. The summed E-state index contributed by atoms with van der Waals surface area (Å²) < 4.78 is 0. The average Bonchev–Trinajstić information content (AvgIpc) is 2.35. The fraction of sp³-hybridized carbons (Fsp3) is 0.462. The second-order valence-corrected chi connectivity index (χ2v) is 4.16. The number of nitrogens with two attached hydrogens (primary N) is 1. The van der Waals surface area contributed by atoms with E-state index in [9.17, 15) is 9.90 Å². The number of aliphatic hydroxyl groups excluding tert-OH is 1.